The number of carbonyl (C=O) groups excluding carboxylic acids is 1. The molecule has 0 amide bonds. The maximum atomic E-state index is 11.2. The largest absolute Gasteiger partial charge is 0.472 e. The number of rotatable bonds is 1. The Kier molecular flexibility index (Phi) is 2.76. The quantitative estimate of drug-likeness (QED) is 0.565. The van der Waals surface area contributed by atoms with E-state index in [0.717, 1.165) is 5.56 Å². The molecular formula is C10H8Cl2O3. The Labute approximate surface area is 96.9 Å². The summed E-state index contributed by atoms with van der Waals surface area (Å²) in [5, 5.41) is -0.381. The van der Waals surface area contributed by atoms with Crippen molar-refractivity contribution >= 4 is 29.2 Å². The van der Waals surface area contributed by atoms with Crippen LogP contribution in [0.4, 0.5) is 0 Å². The Morgan fingerprint density at radius 1 is 1.47 bits per heavy atom. The zero-order valence-electron chi connectivity index (χ0n) is 7.87. The fourth-order valence-corrected chi connectivity index (χ4v) is 1.89. The van der Waals surface area contributed by atoms with Crippen LogP contribution in [-0.4, -0.2) is 18.6 Å². The molecule has 1 aromatic rings. The first-order valence-electron chi connectivity index (χ1n) is 4.30. The maximum absolute atomic E-state index is 11.2. The first-order chi connectivity index (χ1) is 7.13. The standard InChI is InChI=1S/C10H8Cl2O3/c1-14-10(13)5-2-3-6-7(4-5)15-9(12)8(6)11/h2-4,8-9H,1H3. The zero-order chi connectivity index (χ0) is 11.0. The molecule has 0 bridgehead atoms. The van der Waals surface area contributed by atoms with Crippen LogP contribution < -0.4 is 4.74 Å². The number of alkyl halides is 2. The van der Waals surface area contributed by atoms with Gasteiger partial charge in [-0.15, -0.1) is 11.6 Å². The van der Waals surface area contributed by atoms with E-state index in [1.54, 1.807) is 18.2 Å². The molecule has 0 N–H and O–H groups in total. The highest BCUT2D eigenvalue weighted by Crippen LogP contribution is 2.42. The molecule has 0 saturated heterocycles. The molecule has 80 valence electrons. The average Bonchev–Trinajstić information content (AvgIpc) is 2.53. The van der Waals surface area contributed by atoms with Gasteiger partial charge in [-0.3, -0.25) is 0 Å². The SMILES string of the molecule is COC(=O)c1ccc2c(c1)OC(Cl)C2Cl. The third-order valence-electron chi connectivity index (χ3n) is 2.20. The summed E-state index contributed by atoms with van der Waals surface area (Å²) >= 11 is 11.8. The van der Waals surface area contributed by atoms with Crippen molar-refractivity contribution in [3.05, 3.63) is 29.3 Å². The highest BCUT2D eigenvalue weighted by Gasteiger charge is 2.31. The average molecular weight is 247 g/mol. The maximum Gasteiger partial charge on any atom is 0.337 e. The molecule has 0 fully saturated rings. The van der Waals surface area contributed by atoms with Crippen molar-refractivity contribution in [3.63, 3.8) is 0 Å². The molecule has 2 unspecified atom stereocenters. The van der Waals surface area contributed by atoms with Crippen LogP contribution in [0.25, 0.3) is 0 Å². The van der Waals surface area contributed by atoms with E-state index in [2.05, 4.69) is 4.74 Å². The van der Waals surface area contributed by atoms with Gasteiger partial charge in [-0.2, -0.15) is 0 Å². The van der Waals surface area contributed by atoms with Crippen LogP contribution >= 0.6 is 23.2 Å². The predicted octanol–water partition coefficient (Wildman–Crippen LogP) is 2.71. The van der Waals surface area contributed by atoms with Crippen LogP contribution in [0.15, 0.2) is 18.2 Å². The summed E-state index contributed by atoms with van der Waals surface area (Å²) in [6.07, 6.45) is 0. The zero-order valence-corrected chi connectivity index (χ0v) is 9.38. The van der Waals surface area contributed by atoms with E-state index >= 15 is 0 Å². The van der Waals surface area contributed by atoms with E-state index in [1.807, 2.05) is 0 Å². The second-order valence-electron chi connectivity index (χ2n) is 3.11. The van der Waals surface area contributed by atoms with Gasteiger partial charge >= 0.3 is 5.97 Å². The summed E-state index contributed by atoms with van der Waals surface area (Å²) in [4.78, 5) is 11.2. The molecule has 3 nitrogen and oxygen atoms in total. The molecule has 1 aliphatic heterocycles. The van der Waals surface area contributed by atoms with Crippen molar-refractivity contribution in [1.29, 1.82) is 0 Å². The second-order valence-corrected chi connectivity index (χ2v) is 4.02. The van der Waals surface area contributed by atoms with Crippen LogP contribution in [0.5, 0.6) is 5.75 Å². The number of halogens is 2. The van der Waals surface area contributed by atoms with Crippen LogP contribution in [0.3, 0.4) is 0 Å². The molecule has 1 aromatic carbocycles. The molecule has 1 aliphatic rings. The molecule has 1 heterocycles. The summed E-state index contributed by atoms with van der Waals surface area (Å²) in [5.41, 5.74) is 0.629. The molecule has 15 heavy (non-hydrogen) atoms. The number of esters is 1. The van der Waals surface area contributed by atoms with E-state index in [0.29, 0.717) is 11.3 Å². The molecular weight excluding hydrogens is 239 g/mol. The molecule has 0 aliphatic carbocycles. The van der Waals surface area contributed by atoms with E-state index < -0.39 is 11.5 Å². The topological polar surface area (TPSA) is 35.5 Å². The Hall–Kier alpha value is -0.930. The molecule has 0 spiro atoms. The van der Waals surface area contributed by atoms with E-state index in [1.165, 1.54) is 7.11 Å². The summed E-state index contributed by atoms with van der Waals surface area (Å²) < 4.78 is 9.87. The van der Waals surface area contributed by atoms with Gasteiger partial charge in [-0.1, -0.05) is 17.7 Å². The molecule has 0 aromatic heterocycles. The van der Waals surface area contributed by atoms with Crippen molar-refractivity contribution in [2.75, 3.05) is 7.11 Å². The van der Waals surface area contributed by atoms with Gasteiger partial charge in [-0.25, -0.2) is 4.79 Å². The van der Waals surface area contributed by atoms with Crippen molar-refractivity contribution in [2.24, 2.45) is 0 Å². The summed E-state index contributed by atoms with van der Waals surface area (Å²) in [7, 11) is 1.32. The summed E-state index contributed by atoms with van der Waals surface area (Å²) in [6.45, 7) is 0. The van der Waals surface area contributed by atoms with Crippen molar-refractivity contribution in [2.45, 2.75) is 10.9 Å². The molecule has 5 heteroatoms. The minimum Gasteiger partial charge on any atom is -0.472 e. The number of methoxy groups -OCH3 is 1. The second kappa shape index (κ2) is 3.91. The predicted molar refractivity (Wildman–Crippen MR) is 56.6 cm³/mol. The number of hydrogen-bond donors (Lipinski definition) is 0. The third-order valence-corrected chi connectivity index (χ3v) is 3.14. The number of ether oxygens (including phenoxy) is 2. The molecule has 0 radical (unpaired) electrons. The summed E-state index contributed by atoms with van der Waals surface area (Å²) in [6, 6.07) is 4.94. The smallest absolute Gasteiger partial charge is 0.337 e. The lowest BCUT2D eigenvalue weighted by Gasteiger charge is -2.02. The number of carbonyl (C=O) groups is 1. The third kappa shape index (κ3) is 1.77. The normalized spacial score (nSPS) is 23.1. The van der Waals surface area contributed by atoms with Gasteiger partial charge in [0.15, 0.2) is 5.56 Å². The first-order valence-corrected chi connectivity index (χ1v) is 5.18. The number of fused-ring (bicyclic) bond motifs is 1. The van der Waals surface area contributed by atoms with E-state index in [-0.39, 0.29) is 5.38 Å². The van der Waals surface area contributed by atoms with Gasteiger partial charge < -0.3 is 9.47 Å². The summed E-state index contributed by atoms with van der Waals surface area (Å²) in [5.74, 6) is 0.128. The van der Waals surface area contributed by atoms with Crippen LogP contribution in [0.1, 0.15) is 21.3 Å². The van der Waals surface area contributed by atoms with Crippen LogP contribution in [-0.2, 0) is 4.74 Å². The lowest BCUT2D eigenvalue weighted by Crippen LogP contribution is -2.05. The Balaban J connectivity index is 2.37. The fourth-order valence-electron chi connectivity index (χ4n) is 1.43. The highest BCUT2D eigenvalue weighted by molar-refractivity contribution is 6.30. The number of benzene rings is 1. The van der Waals surface area contributed by atoms with Crippen LogP contribution in [0.2, 0.25) is 0 Å². The van der Waals surface area contributed by atoms with Gasteiger partial charge in [0.2, 0.25) is 0 Å². The van der Waals surface area contributed by atoms with Crippen LogP contribution in [0, 0.1) is 0 Å². The number of hydrogen-bond acceptors (Lipinski definition) is 3. The lowest BCUT2D eigenvalue weighted by molar-refractivity contribution is 0.0600. The van der Waals surface area contributed by atoms with E-state index in [9.17, 15) is 4.79 Å². The highest BCUT2D eigenvalue weighted by atomic mass is 35.5. The Morgan fingerprint density at radius 2 is 2.20 bits per heavy atom. The van der Waals surface area contributed by atoms with Crippen molar-refractivity contribution in [3.8, 4) is 5.75 Å². The Morgan fingerprint density at radius 3 is 2.87 bits per heavy atom. The van der Waals surface area contributed by atoms with Gasteiger partial charge in [0.25, 0.3) is 0 Å². The fraction of sp³-hybridized carbons (Fsp3) is 0.300. The minimum absolute atomic E-state index is 0.381. The molecule has 2 rings (SSSR count). The van der Waals surface area contributed by atoms with E-state index in [4.69, 9.17) is 27.9 Å². The molecule has 2 atom stereocenters. The molecule has 0 saturated carbocycles. The monoisotopic (exact) mass is 246 g/mol. The van der Waals surface area contributed by atoms with Gasteiger partial charge in [-0.05, 0) is 12.1 Å². The van der Waals surface area contributed by atoms with Gasteiger partial charge in [0.05, 0.1) is 12.7 Å². The Bertz CT molecular complexity index is 406. The van der Waals surface area contributed by atoms with Gasteiger partial charge in [0.1, 0.15) is 11.1 Å². The van der Waals surface area contributed by atoms with Crippen molar-refractivity contribution in [1.82, 2.24) is 0 Å². The first kappa shape index (κ1) is 10.6. The lowest BCUT2D eigenvalue weighted by atomic mass is 10.1. The van der Waals surface area contributed by atoms with Crippen molar-refractivity contribution < 1.29 is 14.3 Å². The van der Waals surface area contributed by atoms with Gasteiger partial charge in [0, 0.05) is 5.56 Å². The minimum atomic E-state index is -0.588.